The monoisotopic (exact) mass is 406 g/mol. The maximum absolute atomic E-state index is 11.4. The van der Waals surface area contributed by atoms with E-state index in [9.17, 15) is 30.3 Å². The van der Waals surface area contributed by atoms with Gasteiger partial charge in [-0.25, -0.2) is 0 Å². The van der Waals surface area contributed by atoms with Crippen molar-refractivity contribution in [1.29, 1.82) is 0 Å². The molecule has 0 aromatic carbocycles. The smallest absolute Gasteiger partial charge is 0.317 e. The molecule has 0 saturated carbocycles. The van der Waals surface area contributed by atoms with E-state index in [2.05, 4.69) is 16.0 Å². The van der Waals surface area contributed by atoms with Crippen molar-refractivity contribution in [3.8, 4) is 0 Å². The molecule has 0 aliphatic carbocycles. The summed E-state index contributed by atoms with van der Waals surface area (Å²) in [5.41, 5.74) is 0. The molecular weight excluding hydrogens is 368 g/mol. The van der Waals surface area contributed by atoms with E-state index in [-0.39, 0.29) is 31.7 Å². The zero-order valence-electron chi connectivity index (χ0n) is 17.2. The fourth-order valence-electron chi connectivity index (χ4n) is 3.39. The van der Waals surface area contributed by atoms with E-state index in [1.165, 1.54) is 0 Å². The molecule has 166 valence electrons. The van der Waals surface area contributed by atoms with Gasteiger partial charge in [0.05, 0.1) is 31.0 Å². The van der Waals surface area contributed by atoms with Crippen molar-refractivity contribution in [3.05, 3.63) is 0 Å². The van der Waals surface area contributed by atoms with Crippen LogP contribution in [0.5, 0.6) is 0 Å². The van der Waals surface area contributed by atoms with Gasteiger partial charge in [-0.15, -0.1) is 0 Å². The first kappa shape index (κ1) is 25.2. The van der Waals surface area contributed by atoms with Gasteiger partial charge in [0, 0.05) is 50.3 Å². The van der Waals surface area contributed by atoms with E-state index >= 15 is 0 Å². The molecule has 0 aromatic rings. The molecule has 10 heteroatoms. The van der Waals surface area contributed by atoms with Crippen LogP contribution >= 0.6 is 0 Å². The molecule has 0 amide bonds. The topological polar surface area (TPSA) is 158 Å². The lowest BCUT2D eigenvalue weighted by molar-refractivity contribution is -0.139. The van der Waals surface area contributed by atoms with Gasteiger partial charge in [-0.1, -0.05) is 0 Å². The number of carboxylic acids is 1. The number of hydrogen-bond donors (Lipinski definition) is 8. The van der Waals surface area contributed by atoms with Crippen molar-refractivity contribution in [2.45, 2.75) is 76.3 Å². The molecule has 8 N–H and O–H groups in total. The lowest BCUT2D eigenvalue weighted by Crippen LogP contribution is -2.62. The van der Waals surface area contributed by atoms with Gasteiger partial charge in [-0.05, 0) is 27.7 Å². The van der Waals surface area contributed by atoms with E-state index < -0.39 is 42.5 Å². The predicted molar refractivity (Wildman–Crippen MR) is 105 cm³/mol. The molecule has 0 radical (unpaired) electrons. The third kappa shape index (κ3) is 8.26. The molecule has 1 rings (SSSR count). The summed E-state index contributed by atoms with van der Waals surface area (Å²) in [5.74, 6) is -1.03. The first-order valence-corrected chi connectivity index (χ1v) is 9.91. The van der Waals surface area contributed by atoms with E-state index in [4.69, 9.17) is 0 Å². The van der Waals surface area contributed by atoms with Gasteiger partial charge in [0.2, 0.25) is 0 Å². The average Bonchev–Trinajstić information content (AvgIpc) is 2.55. The van der Waals surface area contributed by atoms with Gasteiger partial charge in [0.1, 0.15) is 0 Å². The zero-order valence-corrected chi connectivity index (χ0v) is 17.2. The summed E-state index contributed by atoms with van der Waals surface area (Å²) in [6, 6.07) is -1.63. The van der Waals surface area contributed by atoms with Crippen molar-refractivity contribution in [2.24, 2.45) is 0 Å². The van der Waals surface area contributed by atoms with Crippen molar-refractivity contribution < 1.29 is 30.3 Å². The number of carbonyl (C=O) groups is 1. The SMILES string of the molecule is C[C@H](O)[C@H]1CN[C@@H]([C@H](C)O)CN[C@@H]([C@H](C)O)CN[C@@H]([C@H](C)O)CN1CC(=O)O. The lowest BCUT2D eigenvalue weighted by Gasteiger charge is -2.39. The van der Waals surface area contributed by atoms with Gasteiger partial charge in [0.15, 0.2) is 0 Å². The van der Waals surface area contributed by atoms with Crippen LogP contribution in [0.3, 0.4) is 0 Å². The molecule has 1 saturated heterocycles. The van der Waals surface area contributed by atoms with Gasteiger partial charge in [0.25, 0.3) is 0 Å². The summed E-state index contributed by atoms with van der Waals surface area (Å²) in [6.45, 7) is 7.41. The first-order chi connectivity index (χ1) is 13.0. The number of rotatable bonds is 6. The second-order valence-electron chi connectivity index (χ2n) is 7.90. The summed E-state index contributed by atoms with van der Waals surface area (Å²) in [5, 5.41) is 59.5. The molecule has 10 nitrogen and oxygen atoms in total. The van der Waals surface area contributed by atoms with Crippen LogP contribution in [0.2, 0.25) is 0 Å². The first-order valence-electron chi connectivity index (χ1n) is 9.91. The van der Waals surface area contributed by atoms with Gasteiger partial charge >= 0.3 is 5.97 Å². The minimum atomic E-state index is -1.03. The number of hydrogen-bond acceptors (Lipinski definition) is 9. The second kappa shape index (κ2) is 12.0. The molecule has 0 aromatic heterocycles. The van der Waals surface area contributed by atoms with Crippen LogP contribution in [0, 0.1) is 0 Å². The average molecular weight is 407 g/mol. The van der Waals surface area contributed by atoms with Crippen LogP contribution in [0.15, 0.2) is 0 Å². The van der Waals surface area contributed by atoms with E-state index in [0.29, 0.717) is 13.1 Å². The van der Waals surface area contributed by atoms with Crippen LogP contribution < -0.4 is 16.0 Å². The Morgan fingerprint density at radius 2 is 1.25 bits per heavy atom. The maximum atomic E-state index is 11.4. The Morgan fingerprint density at radius 1 is 0.821 bits per heavy atom. The van der Waals surface area contributed by atoms with E-state index in [0.717, 1.165) is 0 Å². The number of nitrogens with zero attached hydrogens (tertiary/aromatic N) is 1. The van der Waals surface area contributed by atoms with Crippen LogP contribution in [0.4, 0.5) is 0 Å². The molecule has 0 spiro atoms. The summed E-state index contributed by atoms with van der Waals surface area (Å²) in [7, 11) is 0. The van der Waals surface area contributed by atoms with Gasteiger partial charge < -0.3 is 41.5 Å². The zero-order chi connectivity index (χ0) is 21.4. The highest BCUT2D eigenvalue weighted by molar-refractivity contribution is 5.69. The summed E-state index contributed by atoms with van der Waals surface area (Å²) in [6.07, 6.45) is -2.94. The Hall–Kier alpha value is -0.850. The number of carboxylic acid groups (broad SMARTS) is 1. The quantitative estimate of drug-likeness (QED) is 0.231. The number of aliphatic carboxylic acids is 1. The number of nitrogens with one attached hydrogen (secondary N) is 3. The molecule has 1 fully saturated rings. The third-order valence-electron chi connectivity index (χ3n) is 5.33. The van der Waals surface area contributed by atoms with Crippen LogP contribution in [0.25, 0.3) is 0 Å². The van der Waals surface area contributed by atoms with Crippen molar-refractivity contribution in [2.75, 3.05) is 32.7 Å². The molecule has 8 atom stereocenters. The van der Waals surface area contributed by atoms with Gasteiger partial charge in [-0.3, -0.25) is 9.69 Å². The van der Waals surface area contributed by atoms with Gasteiger partial charge in [-0.2, -0.15) is 0 Å². The largest absolute Gasteiger partial charge is 0.480 e. The number of aliphatic hydroxyl groups is 4. The highest BCUT2D eigenvalue weighted by Gasteiger charge is 2.31. The minimum Gasteiger partial charge on any atom is -0.480 e. The Morgan fingerprint density at radius 3 is 1.64 bits per heavy atom. The van der Waals surface area contributed by atoms with Crippen LogP contribution in [0.1, 0.15) is 27.7 Å². The summed E-state index contributed by atoms with van der Waals surface area (Å²) in [4.78, 5) is 13.0. The summed E-state index contributed by atoms with van der Waals surface area (Å²) >= 11 is 0. The normalized spacial score (nSPS) is 33.1. The molecular formula is C18H38N4O6. The lowest BCUT2D eigenvalue weighted by atomic mass is 10.0. The standard InChI is InChI=1S/C18H38N4O6/c1-10(23)14-6-20-16(12(3)25)8-22(9-18(27)28)17(13(4)26)7-21-15(5-19-14)11(2)24/h10-17,19-21,23-26H,5-9H2,1-4H3,(H,27,28)/t10-,11-,12-,13-,14+,15+,16+,17+/m0/s1. The summed E-state index contributed by atoms with van der Waals surface area (Å²) < 4.78 is 0. The van der Waals surface area contributed by atoms with E-state index in [1.54, 1.807) is 32.6 Å². The molecule has 1 heterocycles. The van der Waals surface area contributed by atoms with E-state index in [1.807, 2.05) is 0 Å². The van der Waals surface area contributed by atoms with Crippen LogP contribution in [-0.2, 0) is 4.79 Å². The fourth-order valence-corrected chi connectivity index (χ4v) is 3.39. The number of aliphatic hydroxyl groups excluding tert-OH is 4. The maximum Gasteiger partial charge on any atom is 0.317 e. The Balaban J connectivity index is 3.14. The fraction of sp³-hybridized carbons (Fsp3) is 0.944. The van der Waals surface area contributed by atoms with Crippen molar-refractivity contribution in [1.82, 2.24) is 20.9 Å². The molecule has 0 unspecified atom stereocenters. The van der Waals surface area contributed by atoms with Crippen molar-refractivity contribution >= 4 is 5.97 Å². The second-order valence-corrected chi connectivity index (χ2v) is 7.90. The molecule has 0 bridgehead atoms. The molecule has 28 heavy (non-hydrogen) atoms. The Bertz CT molecular complexity index is 463. The molecule has 1 aliphatic heterocycles. The predicted octanol–water partition coefficient (Wildman–Crippen LogP) is -2.85. The highest BCUT2D eigenvalue weighted by Crippen LogP contribution is 2.10. The highest BCUT2D eigenvalue weighted by atomic mass is 16.4. The Kier molecular flexibility index (Phi) is 10.8. The Labute approximate surface area is 166 Å². The third-order valence-corrected chi connectivity index (χ3v) is 5.33. The van der Waals surface area contributed by atoms with Crippen LogP contribution in [-0.4, -0.2) is 118 Å². The molecule has 1 aliphatic rings. The minimum absolute atomic E-state index is 0.201. The van der Waals surface area contributed by atoms with Crippen molar-refractivity contribution in [3.63, 3.8) is 0 Å².